The van der Waals surface area contributed by atoms with E-state index in [9.17, 15) is 8.78 Å². The van der Waals surface area contributed by atoms with Crippen LogP contribution in [0.5, 0.6) is 0 Å². The van der Waals surface area contributed by atoms with E-state index in [1.165, 1.54) is 0 Å². The Morgan fingerprint density at radius 1 is 1.62 bits per heavy atom. The van der Waals surface area contributed by atoms with Gasteiger partial charge in [-0.15, -0.1) is 0 Å². The quantitative estimate of drug-likeness (QED) is 0.649. The molecule has 2 N–H and O–H groups in total. The van der Waals surface area contributed by atoms with Crippen LogP contribution in [0.25, 0.3) is 0 Å². The highest BCUT2D eigenvalue weighted by Gasteiger charge is 2.15. The number of hydrogen-bond acceptors (Lipinski definition) is 2. The molecular formula is C7H6BrF2IN2. The molecule has 0 aromatic carbocycles. The minimum absolute atomic E-state index is 0.0716. The van der Waals surface area contributed by atoms with Gasteiger partial charge in [-0.05, 0) is 50.2 Å². The van der Waals surface area contributed by atoms with Crippen LogP contribution in [0, 0.1) is 3.70 Å². The molecule has 0 saturated heterocycles. The average Bonchev–Trinajstić information content (AvgIpc) is 2.08. The fourth-order valence-corrected chi connectivity index (χ4v) is 1.65. The fraction of sp³-hybridized carbons (Fsp3) is 0.286. The molecule has 0 aliphatic rings. The zero-order valence-corrected chi connectivity index (χ0v) is 10.1. The van der Waals surface area contributed by atoms with E-state index in [0.717, 1.165) is 0 Å². The lowest BCUT2D eigenvalue weighted by Gasteiger charge is -2.07. The number of rotatable bonds is 2. The third-order valence-corrected chi connectivity index (χ3v) is 3.64. The van der Waals surface area contributed by atoms with Crippen LogP contribution in [0.3, 0.4) is 0 Å². The van der Waals surface area contributed by atoms with Gasteiger partial charge in [-0.2, -0.15) is 0 Å². The third kappa shape index (κ3) is 2.57. The zero-order chi connectivity index (χ0) is 10.0. The van der Waals surface area contributed by atoms with Crippen LogP contribution in [0.4, 0.5) is 8.78 Å². The molecule has 0 unspecified atom stereocenters. The van der Waals surface area contributed by atoms with Crippen molar-refractivity contribution in [1.82, 2.24) is 4.98 Å². The van der Waals surface area contributed by atoms with Crippen LogP contribution >= 0.6 is 38.5 Å². The minimum Gasteiger partial charge on any atom is -0.326 e. The summed E-state index contributed by atoms with van der Waals surface area (Å²) in [7, 11) is 0. The van der Waals surface area contributed by atoms with E-state index in [1.807, 2.05) is 22.6 Å². The summed E-state index contributed by atoms with van der Waals surface area (Å²) in [5.41, 5.74) is 5.46. The first kappa shape index (κ1) is 11.3. The molecule has 2 nitrogen and oxygen atoms in total. The number of nitrogens with zero attached hydrogens (tertiary/aromatic N) is 1. The highest BCUT2D eigenvalue weighted by molar-refractivity contribution is 14.1. The van der Waals surface area contributed by atoms with E-state index in [4.69, 9.17) is 5.73 Å². The molecule has 0 saturated carbocycles. The lowest BCUT2D eigenvalue weighted by atomic mass is 10.2. The van der Waals surface area contributed by atoms with Crippen molar-refractivity contribution in [2.75, 3.05) is 0 Å². The van der Waals surface area contributed by atoms with Crippen LogP contribution in [0.1, 0.15) is 17.7 Å². The molecule has 0 radical (unpaired) electrons. The van der Waals surface area contributed by atoms with Crippen molar-refractivity contribution in [3.05, 3.63) is 25.5 Å². The number of pyridine rings is 1. The SMILES string of the molecule is NCc1cc(Br)c(I)nc1C(F)F. The molecule has 0 amide bonds. The molecule has 13 heavy (non-hydrogen) atoms. The van der Waals surface area contributed by atoms with Gasteiger partial charge in [0.2, 0.25) is 0 Å². The number of alkyl halides is 2. The fourth-order valence-electron chi connectivity index (χ4n) is 0.870. The Kier molecular flexibility index (Phi) is 3.99. The van der Waals surface area contributed by atoms with Gasteiger partial charge >= 0.3 is 0 Å². The van der Waals surface area contributed by atoms with Gasteiger partial charge in [0.1, 0.15) is 9.39 Å². The molecule has 1 aromatic rings. The first-order valence-corrected chi connectivity index (χ1v) is 5.26. The van der Waals surface area contributed by atoms with Crippen LogP contribution < -0.4 is 5.73 Å². The van der Waals surface area contributed by atoms with Gasteiger partial charge < -0.3 is 5.73 Å². The van der Waals surface area contributed by atoms with E-state index in [0.29, 0.717) is 13.7 Å². The summed E-state index contributed by atoms with van der Waals surface area (Å²) >= 11 is 5.08. The van der Waals surface area contributed by atoms with Gasteiger partial charge in [-0.25, -0.2) is 13.8 Å². The van der Waals surface area contributed by atoms with Crippen LogP contribution in [-0.4, -0.2) is 4.98 Å². The third-order valence-electron chi connectivity index (χ3n) is 1.47. The summed E-state index contributed by atoms with van der Waals surface area (Å²) in [5.74, 6) is 0. The maximum Gasteiger partial charge on any atom is 0.280 e. The normalized spacial score (nSPS) is 10.9. The van der Waals surface area contributed by atoms with Crippen LogP contribution in [-0.2, 0) is 6.54 Å². The highest BCUT2D eigenvalue weighted by Crippen LogP contribution is 2.26. The molecule has 0 aliphatic carbocycles. The summed E-state index contributed by atoms with van der Waals surface area (Å²) < 4.78 is 26.0. The number of aromatic nitrogens is 1. The number of nitrogens with two attached hydrogens (primary N) is 1. The number of halogens is 4. The Labute approximate surface area is 96.2 Å². The molecule has 1 heterocycles. The van der Waals surface area contributed by atoms with Gasteiger partial charge in [0.15, 0.2) is 0 Å². The van der Waals surface area contributed by atoms with E-state index in [-0.39, 0.29) is 12.2 Å². The molecule has 0 spiro atoms. The van der Waals surface area contributed by atoms with Gasteiger partial charge in [0, 0.05) is 11.0 Å². The molecule has 0 bridgehead atoms. The summed E-state index contributed by atoms with van der Waals surface area (Å²) in [6, 6.07) is 1.58. The molecular weight excluding hydrogens is 357 g/mol. The second kappa shape index (κ2) is 4.61. The van der Waals surface area contributed by atoms with E-state index < -0.39 is 6.43 Å². The van der Waals surface area contributed by atoms with Gasteiger partial charge in [-0.1, -0.05) is 0 Å². The predicted molar refractivity (Wildman–Crippen MR) is 57.5 cm³/mol. The topological polar surface area (TPSA) is 38.9 Å². The summed E-state index contributed by atoms with van der Waals surface area (Å²) in [6.45, 7) is 0.0716. The number of hydrogen-bond donors (Lipinski definition) is 1. The Balaban J connectivity index is 3.25. The smallest absolute Gasteiger partial charge is 0.280 e. The molecule has 0 atom stereocenters. The van der Waals surface area contributed by atoms with Crippen LogP contribution in [0.15, 0.2) is 10.5 Å². The van der Waals surface area contributed by atoms with E-state index in [2.05, 4.69) is 20.9 Å². The Morgan fingerprint density at radius 2 is 2.23 bits per heavy atom. The van der Waals surface area contributed by atoms with E-state index in [1.54, 1.807) is 6.07 Å². The maximum absolute atomic E-state index is 12.4. The highest BCUT2D eigenvalue weighted by atomic mass is 127. The second-order valence-corrected chi connectivity index (χ2v) is 4.19. The predicted octanol–water partition coefficient (Wildman–Crippen LogP) is 2.85. The largest absolute Gasteiger partial charge is 0.326 e. The summed E-state index contributed by atoms with van der Waals surface area (Å²) in [4.78, 5) is 3.75. The first-order chi connectivity index (χ1) is 6.06. The van der Waals surface area contributed by atoms with Crippen molar-refractivity contribution in [2.24, 2.45) is 5.73 Å². The first-order valence-electron chi connectivity index (χ1n) is 3.39. The molecule has 72 valence electrons. The van der Waals surface area contributed by atoms with Crippen molar-refractivity contribution in [3.63, 3.8) is 0 Å². The monoisotopic (exact) mass is 362 g/mol. The Bertz CT molecular complexity index is 320. The lowest BCUT2D eigenvalue weighted by molar-refractivity contribution is 0.144. The van der Waals surface area contributed by atoms with Crippen molar-refractivity contribution < 1.29 is 8.78 Å². The molecule has 0 aliphatic heterocycles. The maximum atomic E-state index is 12.4. The molecule has 6 heteroatoms. The Morgan fingerprint density at radius 3 is 2.69 bits per heavy atom. The molecule has 1 rings (SSSR count). The van der Waals surface area contributed by atoms with Gasteiger partial charge in [-0.3, -0.25) is 0 Å². The van der Waals surface area contributed by atoms with Crippen LogP contribution in [0.2, 0.25) is 0 Å². The minimum atomic E-state index is -2.57. The molecule has 0 fully saturated rings. The van der Waals surface area contributed by atoms with E-state index >= 15 is 0 Å². The second-order valence-electron chi connectivity index (χ2n) is 2.31. The average molecular weight is 363 g/mol. The Hall–Kier alpha value is 0.180. The van der Waals surface area contributed by atoms with Crippen molar-refractivity contribution in [1.29, 1.82) is 0 Å². The van der Waals surface area contributed by atoms with Crippen molar-refractivity contribution in [3.8, 4) is 0 Å². The summed E-state index contributed by atoms with van der Waals surface area (Å²) in [5, 5.41) is 0. The summed E-state index contributed by atoms with van der Waals surface area (Å²) in [6.07, 6.45) is -2.57. The van der Waals surface area contributed by atoms with Crippen molar-refractivity contribution in [2.45, 2.75) is 13.0 Å². The van der Waals surface area contributed by atoms with Gasteiger partial charge in [0.25, 0.3) is 6.43 Å². The standard InChI is InChI=1S/C7H6BrF2IN2/c8-4-1-3(2-12)5(6(9)10)13-7(4)11/h1,6H,2,12H2. The lowest BCUT2D eigenvalue weighted by Crippen LogP contribution is -2.05. The molecule has 1 aromatic heterocycles. The zero-order valence-electron chi connectivity index (χ0n) is 6.40. The van der Waals surface area contributed by atoms with Crippen molar-refractivity contribution >= 4 is 38.5 Å². The van der Waals surface area contributed by atoms with Gasteiger partial charge in [0.05, 0.1) is 0 Å².